The van der Waals surface area contributed by atoms with Crippen LogP contribution in [0.25, 0.3) is 0 Å². The van der Waals surface area contributed by atoms with Crippen LogP contribution in [0.5, 0.6) is 11.5 Å². The number of nitrogens with zero attached hydrogens (tertiary/aromatic N) is 1. The molecule has 0 bridgehead atoms. The van der Waals surface area contributed by atoms with Gasteiger partial charge in [-0.15, -0.1) is 11.6 Å². The van der Waals surface area contributed by atoms with Crippen molar-refractivity contribution >= 4 is 23.2 Å². The lowest BCUT2D eigenvalue weighted by Gasteiger charge is -2.27. The monoisotopic (exact) mass is 541 g/mol. The standard InChI is InChI=1S/C25H35Cl2N3O4.C2H6/c1-17(28)23(15-31)30(29)11-4-12-33-21-8-5-18(6-9-21)25(2,3)19-7-10-24(22(27)13-19)34-16-20(32)14-26;1-2/h5-10,13,20,31-32H,4,11-12,14-16,28-29H2,1-3H3;1-2H3/b23-17-;. The van der Waals surface area contributed by atoms with Crippen molar-refractivity contribution in [2.45, 2.75) is 52.6 Å². The van der Waals surface area contributed by atoms with Gasteiger partial charge in [0.05, 0.1) is 29.8 Å². The van der Waals surface area contributed by atoms with E-state index in [0.717, 1.165) is 16.9 Å². The minimum atomic E-state index is -0.742. The van der Waals surface area contributed by atoms with Crippen LogP contribution in [0.15, 0.2) is 53.9 Å². The van der Waals surface area contributed by atoms with E-state index in [4.69, 9.17) is 44.3 Å². The topological polar surface area (TPSA) is 114 Å². The summed E-state index contributed by atoms with van der Waals surface area (Å²) >= 11 is 12.0. The van der Waals surface area contributed by atoms with Crippen molar-refractivity contribution in [1.82, 2.24) is 5.01 Å². The maximum Gasteiger partial charge on any atom is 0.138 e. The second kappa shape index (κ2) is 15.8. The minimum absolute atomic E-state index is 0.0860. The highest BCUT2D eigenvalue weighted by atomic mass is 35.5. The van der Waals surface area contributed by atoms with Crippen LogP contribution >= 0.6 is 23.2 Å². The summed E-state index contributed by atoms with van der Waals surface area (Å²) in [5.41, 5.74) is 8.56. The highest BCUT2D eigenvalue weighted by molar-refractivity contribution is 6.32. The van der Waals surface area contributed by atoms with Gasteiger partial charge in [0.15, 0.2) is 0 Å². The van der Waals surface area contributed by atoms with Crippen LogP contribution < -0.4 is 21.1 Å². The van der Waals surface area contributed by atoms with Gasteiger partial charge in [0, 0.05) is 24.1 Å². The fourth-order valence-electron chi connectivity index (χ4n) is 3.37. The van der Waals surface area contributed by atoms with Gasteiger partial charge in [-0.05, 0) is 42.3 Å². The van der Waals surface area contributed by atoms with Crippen LogP contribution in [0.2, 0.25) is 5.02 Å². The highest BCUT2D eigenvalue weighted by Crippen LogP contribution is 2.36. The van der Waals surface area contributed by atoms with E-state index in [-0.39, 0.29) is 24.5 Å². The fourth-order valence-corrected chi connectivity index (χ4v) is 3.70. The second-order valence-electron chi connectivity index (χ2n) is 8.60. The van der Waals surface area contributed by atoms with Crippen molar-refractivity contribution in [2.24, 2.45) is 11.6 Å². The zero-order valence-corrected chi connectivity index (χ0v) is 23.4. The predicted molar refractivity (Wildman–Crippen MR) is 149 cm³/mol. The Bertz CT molecular complexity index is 949. The molecule has 1 unspecified atom stereocenters. The van der Waals surface area contributed by atoms with E-state index in [9.17, 15) is 10.2 Å². The molecule has 1 atom stereocenters. The number of rotatable bonds is 13. The first-order valence-electron chi connectivity index (χ1n) is 12.1. The molecule has 0 aliphatic carbocycles. The molecule has 2 aromatic carbocycles. The van der Waals surface area contributed by atoms with E-state index < -0.39 is 6.10 Å². The van der Waals surface area contributed by atoms with Gasteiger partial charge in [0.1, 0.15) is 24.2 Å². The molecule has 0 aliphatic heterocycles. The van der Waals surface area contributed by atoms with Crippen LogP contribution in [-0.2, 0) is 5.41 Å². The largest absolute Gasteiger partial charge is 0.494 e. The van der Waals surface area contributed by atoms with Crippen LogP contribution in [0.4, 0.5) is 0 Å². The Morgan fingerprint density at radius 2 is 1.69 bits per heavy atom. The Hall–Kier alpha value is -2.16. The Labute approximate surface area is 225 Å². The molecular formula is C27H41Cl2N3O4. The maximum absolute atomic E-state index is 9.58. The summed E-state index contributed by atoms with van der Waals surface area (Å²) < 4.78 is 11.4. The Balaban J connectivity index is 0.00000316. The summed E-state index contributed by atoms with van der Waals surface area (Å²) in [7, 11) is 0. The molecule has 9 heteroatoms. The number of nitrogens with two attached hydrogens (primary N) is 2. The number of hydrogen-bond acceptors (Lipinski definition) is 7. The zero-order valence-electron chi connectivity index (χ0n) is 21.9. The quantitative estimate of drug-likeness (QED) is 0.124. The molecule has 0 radical (unpaired) electrons. The number of alkyl halides is 1. The zero-order chi connectivity index (χ0) is 27.3. The molecule has 0 aromatic heterocycles. The molecule has 36 heavy (non-hydrogen) atoms. The summed E-state index contributed by atoms with van der Waals surface area (Å²) in [5, 5.41) is 20.8. The number of aliphatic hydroxyl groups excluding tert-OH is 2. The lowest BCUT2D eigenvalue weighted by molar-refractivity contribution is 0.125. The molecular weight excluding hydrogens is 501 g/mol. The van der Waals surface area contributed by atoms with Crippen LogP contribution in [-0.4, -0.2) is 53.6 Å². The van der Waals surface area contributed by atoms with Gasteiger partial charge in [-0.25, -0.2) is 5.84 Å². The second-order valence-corrected chi connectivity index (χ2v) is 9.31. The fraction of sp³-hybridized carbons (Fsp3) is 0.481. The van der Waals surface area contributed by atoms with E-state index in [1.807, 2.05) is 56.3 Å². The van der Waals surface area contributed by atoms with E-state index >= 15 is 0 Å². The van der Waals surface area contributed by atoms with Crippen molar-refractivity contribution in [3.8, 4) is 11.5 Å². The third kappa shape index (κ3) is 9.37. The van der Waals surface area contributed by atoms with Crippen molar-refractivity contribution in [1.29, 1.82) is 0 Å². The number of allylic oxidation sites excluding steroid dienone is 1. The average Bonchev–Trinajstić information content (AvgIpc) is 2.87. The Morgan fingerprint density at radius 1 is 1.08 bits per heavy atom. The molecule has 0 saturated carbocycles. The third-order valence-corrected chi connectivity index (χ3v) is 6.25. The molecule has 2 aromatic rings. The number of ether oxygens (including phenoxy) is 2. The number of benzene rings is 2. The minimum Gasteiger partial charge on any atom is -0.494 e. The van der Waals surface area contributed by atoms with E-state index in [2.05, 4.69) is 13.8 Å². The van der Waals surface area contributed by atoms with E-state index in [1.165, 1.54) is 5.01 Å². The predicted octanol–water partition coefficient (Wildman–Crippen LogP) is 4.80. The first-order valence-corrected chi connectivity index (χ1v) is 13.0. The summed E-state index contributed by atoms with van der Waals surface area (Å²) in [6, 6.07) is 13.6. The van der Waals surface area contributed by atoms with Crippen molar-refractivity contribution < 1.29 is 19.7 Å². The van der Waals surface area contributed by atoms with Gasteiger partial charge in [-0.2, -0.15) is 0 Å². The Morgan fingerprint density at radius 3 is 2.22 bits per heavy atom. The number of hydrogen-bond donors (Lipinski definition) is 4. The molecule has 0 spiro atoms. The van der Waals surface area contributed by atoms with Crippen molar-refractivity contribution in [3.63, 3.8) is 0 Å². The third-order valence-electron chi connectivity index (χ3n) is 5.60. The highest BCUT2D eigenvalue weighted by Gasteiger charge is 2.24. The number of hydrazine groups is 1. The summed E-state index contributed by atoms with van der Waals surface area (Å²) in [6.07, 6.45) is -0.0659. The molecule has 6 N–H and O–H groups in total. The molecule has 0 amide bonds. The molecule has 202 valence electrons. The summed E-state index contributed by atoms with van der Waals surface area (Å²) in [6.45, 7) is 10.8. The first kappa shape index (κ1) is 31.9. The van der Waals surface area contributed by atoms with Gasteiger partial charge in [-0.3, -0.25) is 0 Å². The van der Waals surface area contributed by atoms with Crippen LogP contribution in [0.1, 0.15) is 52.2 Å². The van der Waals surface area contributed by atoms with Crippen LogP contribution in [0, 0.1) is 0 Å². The van der Waals surface area contributed by atoms with E-state index in [1.54, 1.807) is 6.92 Å². The molecule has 0 aliphatic rings. The lowest BCUT2D eigenvalue weighted by Crippen LogP contribution is -2.35. The average molecular weight is 543 g/mol. The normalized spacial score (nSPS) is 12.7. The number of halogens is 2. The van der Waals surface area contributed by atoms with Gasteiger partial charge < -0.3 is 30.4 Å². The van der Waals surface area contributed by atoms with Crippen LogP contribution in [0.3, 0.4) is 0 Å². The number of aliphatic hydroxyl groups is 2. The van der Waals surface area contributed by atoms with Gasteiger partial charge >= 0.3 is 0 Å². The van der Waals surface area contributed by atoms with Gasteiger partial charge in [0.25, 0.3) is 0 Å². The SMILES string of the molecule is C/C(N)=C(\CO)N(N)CCCOc1ccc(C(C)(C)c2ccc(OCC(O)CCl)c(Cl)c2)cc1.CC. The summed E-state index contributed by atoms with van der Waals surface area (Å²) in [5.74, 6) is 7.30. The molecule has 7 nitrogen and oxygen atoms in total. The maximum atomic E-state index is 9.58. The first-order chi connectivity index (χ1) is 17.1. The molecule has 0 heterocycles. The van der Waals surface area contributed by atoms with Crippen molar-refractivity contribution in [3.05, 3.63) is 70.0 Å². The van der Waals surface area contributed by atoms with Crippen molar-refractivity contribution in [2.75, 3.05) is 32.2 Å². The Kier molecular flexibility index (Phi) is 14.0. The molecule has 0 saturated heterocycles. The molecule has 0 fully saturated rings. The van der Waals surface area contributed by atoms with E-state index in [0.29, 0.717) is 41.7 Å². The van der Waals surface area contributed by atoms with Gasteiger partial charge in [0.2, 0.25) is 0 Å². The van der Waals surface area contributed by atoms with Gasteiger partial charge in [-0.1, -0.05) is 57.5 Å². The smallest absolute Gasteiger partial charge is 0.138 e. The lowest BCUT2D eigenvalue weighted by atomic mass is 9.78. The summed E-state index contributed by atoms with van der Waals surface area (Å²) in [4.78, 5) is 0. The molecule has 2 rings (SSSR count).